The molecule has 1 aromatic carbocycles. The van der Waals surface area contributed by atoms with Crippen molar-refractivity contribution in [2.75, 3.05) is 7.11 Å². The molecule has 0 saturated carbocycles. The summed E-state index contributed by atoms with van der Waals surface area (Å²) in [7, 11) is 1.46. The molecular formula is C10H10Cl2O2. The molecule has 0 heterocycles. The molecule has 0 aliphatic rings. The third-order valence-corrected chi connectivity index (χ3v) is 2.66. The SMILES string of the molecule is CCC(=O)c1ccc(Cl)c(Cl)c1OC. The van der Waals surface area contributed by atoms with E-state index in [9.17, 15) is 4.79 Å². The maximum absolute atomic E-state index is 11.5. The Kier molecular flexibility index (Phi) is 3.78. The zero-order valence-electron chi connectivity index (χ0n) is 7.93. The molecule has 14 heavy (non-hydrogen) atoms. The maximum atomic E-state index is 11.5. The molecule has 2 nitrogen and oxygen atoms in total. The molecular weight excluding hydrogens is 223 g/mol. The summed E-state index contributed by atoms with van der Waals surface area (Å²) in [5.41, 5.74) is 0.476. The lowest BCUT2D eigenvalue weighted by Crippen LogP contribution is -2.01. The van der Waals surface area contributed by atoms with E-state index in [0.717, 1.165) is 0 Å². The predicted molar refractivity (Wildman–Crippen MR) is 57.6 cm³/mol. The number of Topliss-reactive ketones (excluding diaryl/α,β-unsaturated/α-hetero) is 1. The Morgan fingerprint density at radius 2 is 2.07 bits per heavy atom. The molecule has 0 aliphatic carbocycles. The number of hydrogen-bond donors (Lipinski definition) is 0. The minimum absolute atomic E-state index is 0.0135. The molecule has 1 rings (SSSR count). The van der Waals surface area contributed by atoms with Crippen molar-refractivity contribution in [2.45, 2.75) is 13.3 Å². The highest BCUT2D eigenvalue weighted by molar-refractivity contribution is 6.43. The van der Waals surface area contributed by atoms with Crippen molar-refractivity contribution in [1.82, 2.24) is 0 Å². The van der Waals surface area contributed by atoms with Gasteiger partial charge in [-0.2, -0.15) is 0 Å². The van der Waals surface area contributed by atoms with Crippen LogP contribution in [0.4, 0.5) is 0 Å². The monoisotopic (exact) mass is 232 g/mol. The molecule has 0 unspecified atom stereocenters. The summed E-state index contributed by atoms with van der Waals surface area (Å²) in [6.07, 6.45) is 0.411. The summed E-state index contributed by atoms with van der Waals surface area (Å²) >= 11 is 11.7. The fourth-order valence-corrected chi connectivity index (χ4v) is 1.53. The van der Waals surface area contributed by atoms with Gasteiger partial charge >= 0.3 is 0 Å². The van der Waals surface area contributed by atoms with Gasteiger partial charge in [-0.15, -0.1) is 0 Å². The van der Waals surface area contributed by atoms with Gasteiger partial charge in [0.2, 0.25) is 0 Å². The summed E-state index contributed by atoms with van der Waals surface area (Å²) in [4.78, 5) is 11.5. The van der Waals surface area contributed by atoms with Crippen molar-refractivity contribution in [1.29, 1.82) is 0 Å². The molecule has 0 bridgehead atoms. The standard InChI is InChI=1S/C10H10Cl2O2/c1-3-8(13)6-4-5-7(11)9(12)10(6)14-2/h4-5H,3H2,1-2H3. The molecule has 0 atom stereocenters. The molecule has 0 radical (unpaired) electrons. The normalized spacial score (nSPS) is 10.0. The Balaban J connectivity index is 3.31. The van der Waals surface area contributed by atoms with Gasteiger partial charge < -0.3 is 4.74 Å². The summed E-state index contributed by atoms with van der Waals surface area (Å²) in [5.74, 6) is 0.339. The number of rotatable bonds is 3. The largest absolute Gasteiger partial charge is 0.494 e. The maximum Gasteiger partial charge on any atom is 0.166 e. The van der Waals surface area contributed by atoms with Crippen molar-refractivity contribution < 1.29 is 9.53 Å². The zero-order valence-corrected chi connectivity index (χ0v) is 9.45. The molecule has 0 spiro atoms. The van der Waals surface area contributed by atoms with Crippen LogP contribution in [0.1, 0.15) is 23.7 Å². The quantitative estimate of drug-likeness (QED) is 0.745. The first-order chi connectivity index (χ1) is 6.61. The second kappa shape index (κ2) is 4.67. The van der Waals surface area contributed by atoms with E-state index in [1.54, 1.807) is 19.1 Å². The van der Waals surface area contributed by atoms with Crippen LogP contribution in [0.15, 0.2) is 12.1 Å². The Morgan fingerprint density at radius 3 is 2.57 bits per heavy atom. The number of ketones is 1. The summed E-state index contributed by atoms with van der Waals surface area (Å²) in [6, 6.07) is 3.22. The highest BCUT2D eigenvalue weighted by Gasteiger charge is 2.15. The second-order valence-corrected chi connectivity index (χ2v) is 3.50. The van der Waals surface area contributed by atoms with Gasteiger partial charge in [-0.25, -0.2) is 0 Å². The van der Waals surface area contributed by atoms with Gasteiger partial charge in [0, 0.05) is 6.42 Å². The minimum atomic E-state index is -0.0135. The van der Waals surface area contributed by atoms with E-state index in [-0.39, 0.29) is 10.8 Å². The fraction of sp³-hybridized carbons (Fsp3) is 0.300. The lowest BCUT2D eigenvalue weighted by Gasteiger charge is -2.09. The summed E-state index contributed by atoms with van der Waals surface area (Å²) < 4.78 is 5.04. The second-order valence-electron chi connectivity index (χ2n) is 2.72. The van der Waals surface area contributed by atoms with E-state index in [1.165, 1.54) is 7.11 Å². The van der Waals surface area contributed by atoms with Gasteiger partial charge in [-0.1, -0.05) is 30.1 Å². The number of halogens is 2. The Morgan fingerprint density at radius 1 is 1.43 bits per heavy atom. The molecule has 0 N–H and O–H groups in total. The molecule has 0 amide bonds. The van der Waals surface area contributed by atoms with Crippen molar-refractivity contribution in [3.8, 4) is 5.75 Å². The number of carbonyl (C=O) groups excluding carboxylic acids is 1. The van der Waals surface area contributed by atoms with Crippen LogP contribution in [-0.2, 0) is 0 Å². The zero-order chi connectivity index (χ0) is 10.7. The van der Waals surface area contributed by atoms with Crippen LogP contribution < -0.4 is 4.74 Å². The van der Waals surface area contributed by atoms with Gasteiger partial charge in [0.1, 0.15) is 10.8 Å². The van der Waals surface area contributed by atoms with Crippen molar-refractivity contribution in [3.63, 3.8) is 0 Å². The molecule has 0 saturated heterocycles. The molecule has 4 heteroatoms. The summed E-state index contributed by atoms with van der Waals surface area (Å²) in [6.45, 7) is 1.78. The average Bonchev–Trinajstić information content (AvgIpc) is 2.20. The van der Waals surface area contributed by atoms with Gasteiger partial charge in [-0.3, -0.25) is 4.79 Å². The van der Waals surface area contributed by atoms with Crippen molar-refractivity contribution in [2.24, 2.45) is 0 Å². The molecule has 76 valence electrons. The van der Waals surface area contributed by atoms with Crippen LogP contribution in [0.3, 0.4) is 0 Å². The van der Waals surface area contributed by atoms with Crippen LogP contribution >= 0.6 is 23.2 Å². The number of ether oxygens (including phenoxy) is 1. The minimum Gasteiger partial charge on any atom is -0.494 e. The van der Waals surface area contributed by atoms with Gasteiger partial charge in [0.05, 0.1) is 17.7 Å². The third-order valence-electron chi connectivity index (χ3n) is 1.88. The van der Waals surface area contributed by atoms with E-state index < -0.39 is 0 Å². The number of benzene rings is 1. The highest BCUT2D eigenvalue weighted by Crippen LogP contribution is 2.35. The lowest BCUT2D eigenvalue weighted by molar-refractivity contribution is 0.0985. The average molecular weight is 233 g/mol. The molecule has 0 aromatic heterocycles. The number of methoxy groups -OCH3 is 1. The highest BCUT2D eigenvalue weighted by atomic mass is 35.5. The number of carbonyl (C=O) groups is 1. The predicted octanol–water partition coefficient (Wildman–Crippen LogP) is 3.59. The smallest absolute Gasteiger partial charge is 0.166 e. The van der Waals surface area contributed by atoms with Crippen LogP contribution in [0.2, 0.25) is 10.0 Å². The lowest BCUT2D eigenvalue weighted by atomic mass is 10.1. The fourth-order valence-electron chi connectivity index (χ4n) is 1.14. The summed E-state index contributed by atoms with van der Waals surface area (Å²) in [5, 5.41) is 0.671. The molecule has 0 fully saturated rings. The van der Waals surface area contributed by atoms with E-state index in [0.29, 0.717) is 22.8 Å². The van der Waals surface area contributed by atoms with Gasteiger partial charge in [-0.05, 0) is 12.1 Å². The van der Waals surface area contributed by atoms with Crippen molar-refractivity contribution >= 4 is 29.0 Å². The Bertz CT molecular complexity index is 361. The molecule has 1 aromatic rings. The Hall–Kier alpha value is -0.730. The van der Waals surface area contributed by atoms with Crippen LogP contribution in [0.25, 0.3) is 0 Å². The van der Waals surface area contributed by atoms with Crippen LogP contribution in [-0.4, -0.2) is 12.9 Å². The van der Waals surface area contributed by atoms with Crippen molar-refractivity contribution in [3.05, 3.63) is 27.7 Å². The number of hydrogen-bond acceptors (Lipinski definition) is 2. The third kappa shape index (κ3) is 2.02. The molecule has 0 aliphatic heterocycles. The topological polar surface area (TPSA) is 26.3 Å². The first-order valence-corrected chi connectivity index (χ1v) is 4.92. The van der Waals surface area contributed by atoms with E-state index >= 15 is 0 Å². The Labute approximate surface area is 92.8 Å². The van der Waals surface area contributed by atoms with Crippen LogP contribution in [0.5, 0.6) is 5.75 Å². The van der Waals surface area contributed by atoms with Gasteiger partial charge in [0.15, 0.2) is 5.78 Å². The van der Waals surface area contributed by atoms with E-state index in [4.69, 9.17) is 27.9 Å². The van der Waals surface area contributed by atoms with Gasteiger partial charge in [0.25, 0.3) is 0 Å². The van der Waals surface area contributed by atoms with E-state index in [1.807, 2.05) is 0 Å². The van der Waals surface area contributed by atoms with Crippen LogP contribution in [0, 0.1) is 0 Å². The van der Waals surface area contributed by atoms with E-state index in [2.05, 4.69) is 0 Å². The first kappa shape index (κ1) is 11.3. The first-order valence-electron chi connectivity index (χ1n) is 4.17.